The SMILES string of the molecule is CC(C)(O)c1cc(C(C)(C)O)cc(C2(C34NC3(C)N4)NC2(C)C)c1. The molecule has 0 spiro atoms. The van der Waals surface area contributed by atoms with Gasteiger partial charge in [0.25, 0.3) is 0 Å². The standard InChI is InChI=1S/C19H29N3O2/c1-14(2,23)11-8-12(15(3,4)24)10-13(9-11)18(16(5,6)20-18)19-17(7,21-19)22-19/h8-10,20-24H,1-7H3. The van der Waals surface area contributed by atoms with E-state index in [1.54, 1.807) is 27.7 Å². The Balaban J connectivity index is 1.89. The van der Waals surface area contributed by atoms with Crippen LogP contribution in [0.2, 0.25) is 0 Å². The highest BCUT2D eigenvalue weighted by atomic mass is 16.3. The van der Waals surface area contributed by atoms with E-state index in [1.165, 1.54) is 0 Å². The van der Waals surface area contributed by atoms with E-state index in [-0.39, 0.29) is 22.4 Å². The number of rotatable bonds is 4. The smallest absolute Gasteiger partial charge is 0.129 e. The van der Waals surface area contributed by atoms with Crippen LogP contribution in [-0.4, -0.2) is 27.1 Å². The first-order chi connectivity index (χ1) is 10.7. The van der Waals surface area contributed by atoms with E-state index in [0.29, 0.717) is 0 Å². The second-order valence-corrected chi connectivity index (χ2v) is 9.54. The number of hydrogen-bond donors (Lipinski definition) is 5. The molecule has 0 saturated carbocycles. The summed E-state index contributed by atoms with van der Waals surface area (Å²) in [5, 5.41) is 31.9. The summed E-state index contributed by atoms with van der Waals surface area (Å²) in [5.74, 6) is 0. The van der Waals surface area contributed by atoms with Crippen molar-refractivity contribution in [3.8, 4) is 0 Å². The lowest BCUT2D eigenvalue weighted by Gasteiger charge is -2.28. The monoisotopic (exact) mass is 331 g/mol. The topological polar surface area (TPSA) is 106 Å². The molecule has 0 aromatic heterocycles. The molecule has 24 heavy (non-hydrogen) atoms. The summed E-state index contributed by atoms with van der Waals surface area (Å²) in [6.45, 7) is 13.7. The van der Waals surface area contributed by atoms with E-state index >= 15 is 0 Å². The summed E-state index contributed by atoms with van der Waals surface area (Å²) in [7, 11) is 0. The highest BCUT2D eigenvalue weighted by molar-refractivity contribution is 5.60. The van der Waals surface area contributed by atoms with Crippen LogP contribution in [0.15, 0.2) is 18.2 Å². The fourth-order valence-electron chi connectivity index (χ4n) is 4.45. The summed E-state index contributed by atoms with van der Waals surface area (Å²) in [6, 6.07) is 6.06. The van der Waals surface area contributed by atoms with E-state index in [1.807, 2.05) is 6.07 Å². The van der Waals surface area contributed by atoms with Crippen LogP contribution in [-0.2, 0) is 16.7 Å². The van der Waals surface area contributed by atoms with Gasteiger partial charge in [-0.3, -0.25) is 16.0 Å². The zero-order valence-corrected chi connectivity index (χ0v) is 15.6. The molecule has 1 unspecified atom stereocenters. The number of fused-ring (bicyclic) bond motifs is 1. The third-order valence-corrected chi connectivity index (χ3v) is 6.22. The molecule has 3 aliphatic heterocycles. The van der Waals surface area contributed by atoms with Gasteiger partial charge < -0.3 is 10.2 Å². The van der Waals surface area contributed by atoms with E-state index in [9.17, 15) is 10.2 Å². The number of aliphatic hydroxyl groups is 2. The molecule has 4 rings (SSSR count). The first kappa shape index (κ1) is 16.5. The Hall–Kier alpha value is -0.980. The predicted molar refractivity (Wildman–Crippen MR) is 93.2 cm³/mol. The van der Waals surface area contributed by atoms with Crippen LogP contribution in [0.1, 0.15) is 65.2 Å². The van der Waals surface area contributed by atoms with Crippen molar-refractivity contribution in [1.29, 1.82) is 0 Å². The Labute approximate surface area is 143 Å². The first-order valence-electron chi connectivity index (χ1n) is 8.68. The van der Waals surface area contributed by atoms with Crippen molar-refractivity contribution >= 4 is 0 Å². The molecule has 132 valence electrons. The van der Waals surface area contributed by atoms with Crippen molar-refractivity contribution in [3.05, 3.63) is 34.9 Å². The van der Waals surface area contributed by atoms with Gasteiger partial charge in [-0.05, 0) is 65.2 Å². The molecule has 1 atom stereocenters. The molecule has 0 bridgehead atoms. The van der Waals surface area contributed by atoms with Gasteiger partial charge >= 0.3 is 0 Å². The first-order valence-corrected chi connectivity index (χ1v) is 8.68. The molecule has 5 heteroatoms. The second kappa shape index (κ2) is 3.89. The Morgan fingerprint density at radius 1 is 0.792 bits per heavy atom. The van der Waals surface area contributed by atoms with Crippen molar-refractivity contribution in [3.63, 3.8) is 0 Å². The maximum atomic E-state index is 10.6. The number of benzene rings is 1. The molecule has 0 radical (unpaired) electrons. The summed E-state index contributed by atoms with van der Waals surface area (Å²) in [5.41, 5.74) is 0.320. The number of nitrogens with one attached hydrogen (secondary N) is 3. The average molecular weight is 331 g/mol. The number of hydrogen-bond acceptors (Lipinski definition) is 5. The zero-order valence-electron chi connectivity index (χ0n) is 15.6. The van der Waals surface area contributed by atoms with Crippen molar-refractivity contribution < 1.29 is 10.2 Å². The second-order valence-electron chi connectivity index (χ2n) is 9.54. The van der Waals surface area contributed by atoms with Gasteiger partial charge in [0.15, 0.2) is 0 Å². The summed E-state index contributed by atoms with van der Waals surface area (Å²) >= 11 is 0. The van der Waals surface area contributed by atoms with E-state index < -0.39 is 11.2 Å². The molecule has 1 aromatic carbocycles. The molecule has 3 aliphatic rings. The summed E-state index contributed by atoms with van der Waals surface area (Å²) in [4.78, 5) is 0. The van der Waals surface area contributed by atoms with E-state index in [4.69, 9.17) is 0 Å². The van der Waals surface area contributed by atoms with Gasteiger partial charge in [-0.25, -0.2) is 0 Å². The van der Waals surface area contributed by atoms with Gasteiger partial charge in [0, 0.05) is 5.54 Å². The van der Waals surface area contributed by atoms with Crippen molar-refractivity contribution in [2.45, 2.75) is 82.1 Å². The molecular formula is C19H29N3O2. The minimum Gasteiger partial charge on any atom is -0.386 e. The molecule has 5 N–H and O–H groups in total. The Kier molecular flexibility index (Phi) is 2.67. The fourth-order valence-corrected chi connectivity index (χ4v) is 4.45. The molecule has 5 nitrogen and oxygen atoms in total. The molecule has 3 heterocycles. The highest BCUT2D eigenvalue weighted by Crippen LogP contribution is 2.69. The molecule has 0 aliphatic carbocycles. The van der Waals surface area contributed by atoms with Crippen LogP contribution in [0, 0.1) is 0 Å². The molecule has 3 fully saturated rings. The highest BCUT2D eigenvalue weighted by Gasteiger charge is 2.95. The van der Waals surface area contributed by atoms with Crippen LogP contribution >= 0.6 is 0 Å². The van der Waals surface area contributed by atoms with Crippen LogP contribution in [0.5, 0.6) is 0 Å². The van der Waals surface area contributed by atoms with Gasteiger partial charge in [0.1, 0.15) is 11.3 Å². The fraction of sp³-hybridized carbons (Fsp3) is 0.684. The van der Waals surface area contributed by atoms with Crippen molar-refractivity contribution in [2.24, 2.45) is 0 Å². The molecule has 0 amide bonds. The largest absolute Gasteiger partial charge is 0.386 e. The van der Waals surface area contributed by atoms with Gasteiger partial charge in [0.05, 0.1) is 16.7 Å². The average Bonchev–Trinajstić information content (AvgIpc) is 3.27. The molecular weight excluding hydrogens is 302 g/mol. The minimum atomic E-state index is -0.967. The lowest BCUT2D eigenvalue weighted by molar-refractivity contribution is 0.0714. The Bertz CT molecular complexity index is 704. The third kappa shape index (κ3) is 1.82. The summed E-state index contributed by atoms with van der Waals surface area (Å²) in [6.07, 6.45) is 0. The normalized spacial score (nSPS) is 39.4. The van der Waals surface area contributed by atoms with E-state index in [0.717, 1.165) is 16.7 Å². The quantitative estimate of drug-likeness (QED) is 0.535. The van der Waals surface area contributed by atoms with Gasteiger partial charge in [-0.1, -0.05) is 18.2 Å². The Morgan fingerprint density at radius 3 is 1.42 bits per heavy atom. The van der Waals surface area contributed by atoms with Crippen molar-refractivity contribution in [2.75, 3.05) is 0 Å². The van der Waals surface area contributed by atoms with Gasteiger partial charge in [-0.2, -0.15) is 0 Å². The maximum absolute atomic E-state index is 10.6. The van der Waals surface area contributed by atoms with Gasteiger partial charge in [-0.15, -0.1) is 0 Å². The third-order valence-electron chi connectivity index (χ3n) is 6.22. The summed E-state index contributed by atoms with van der Waals surface area (Å²) < 4.78 is 0. The molecule has 3 saturated heterocycles. The van der Waals surface area contributed by atoms with Crippen LogP contribution < -0.4 is 16.0 Å². The lowest BCUT2D eigenvalue weighted by Crippen LogP contribution is -2.42. The van der Waals surface area contributed by atoms with Gasteiger partial charge in [0.2, 0.25) is 0 Å². The van der Waals surface area contributed by atoms with Crippen LogP contribution in [0.25, 0.3) is 0 Å². The lowest BCUT2D eigenvalue weighted by atomic mass is 9.79. The van der Waals surface area contributed by atoms with Crippen LogP contribution in [0.3, 0.4) is 0 Å². The maximum Gasteiger partial charge on any atom is 0.129 e. The zero-order chi connectivity index (χ0) is 18.0. The molecule has 1 aromatic rings. The van der Waals surface area contributed by atoms with Crippen molar-refractivity contribution in [1.82, 2.24) is 16.0 Å². The van der Waals surface area contributed by atoms with E-state index in [2.05, 4.69) is 48.9 Å². The van der Waals surface area contributed by atoms with Crippen LogP contribution in [0.4, 0.5) is 0 Å². The minimum absolute atomic E-state index is 0.0204. The Morgan fingerprint density at radius 2 is 1.17 bits per heavy atom. The predicted octanol–water partition coefficient (Wildman–Crippen LogP) is 1.34.